The van der Waals surface area contributed by atoms with Crippen molar-refractivity contribution >= 4 is 24.0 Å². The Balaban J connectivity index is 0.00000220. The van der Waals surface area contributed by atoms with E-state index in [0.29, 0.717) is 12.6 Å². The fourth-order valence-electron chi connectivity index (χ4n) is 1.81. The zero-order chi connectivity index (χ0) is 14.4. The summed E-state index contributed by atoms with van der Waals surface area (Å²) in [5.41, 5.74) is 2.34. The molecular formula is C17H21Cl2NO. The molecule has 0 spiro atoms. The van der Waals surface area contributed by atoms with Crippen molar-refractivity contribution in [2.75, 3.05) is 0 Å². The van der Waals surface area contributed by atoms with E-state index in [9.17, 15) is 0 Å². The van der Waals surface area contributed by atoms with Gasteiger partial charge in [-0.05, 0) is 35.4 Å². The van der Waals surface area contributed by atoms with Gasteiger partial charge in [-0.1, -0.05) is 49.7 Å². The quantitative estimate of drug-likeness (QED) is 0.820. The summed E-state index contributed by atoms with van der Waals surface area (Å²) in [6, 6.07) is 16.4. The first-order valence-electron chi connectivity index (χ1n) is 6.83. The molecule has 0 saturated heterocycles. The van der Waals surface area contributed by atoms with Crippen molar-refractivity contribution in [1.82, 2.24) is 5.32 Å². The Morgan fingerprint density at radius 1 is 1.05 bits per heavy atom. The molecule has 0 amide bonds. The molecule has 0 radical (unpaired) electrons. The minimum Gasteiger partial charge on any atom is -0.489 e. The Morgan fingerprint density at radius 2 is 1.76 bits per heavy atom. The standard InChI is InChI=1S/C17H20ClNO.ClH/c1-13(2)19-11-15-4-3-5-17(10-15)20-12-14-6-8-16(18)9-7-14;/h3-10,13,19H,11-12H2,1-2H3;1H. The van der Waals surface area contributed by atoms with Gasteiger partial charge in [0, 0.05) is 17.6 Å². The molecule has 0 unspecified atom stereocenters. The molecule has 2 aromatic rings. The van der Waals surface area contributed by atoms with Gasteiger partial charge in [0.1, 0.15) is 12.4 Å². The normalized spacial score (nSPS) is 10.3. The molecule has 2 nitrogen and oxygen atoms in total. The van der Waals surface area contributed by atoms with Crippen LogP contribution in [0.15, 0.2) is 48.5 Å². The van der Waals surface area contributed by atoms with Crippen LogP contribution in [0.4, 0.5) is 0 Å². The third kappa shape index (κ3) is 6.38. The van der Waals surface area contributed by atoms with E-state index < -0.39 is 0 Å². The molecule has 1 N–H and O–H groups in total. The second kappa shape index (κ2) is 8.93. The third-order valence-electron chi connectivity index (χ3n) is 2.93. The van der Waals surface area contributed by atoms with E-state index in [-0.39, 0.29) is 12.4 Å². The molecule has 0 aliphatic heterocycles. The van der Waals surface area contributed by atoms with Gasteiger partial charge >= 0.3 is 0 Å². The van der Waals surface area contributed by atoms with E-state index in [0.717, 1.165) is 22.9 Å². The predicted molar refractivity (Wildman–Crippen MR) is 91.4 cm³/mol. The zero-order valence-corrected chi connectivity index (χ0v) is 13.9. The molecule has 0 aliphatic carbocycles. The average Bonchev–Trinajstić information content (AvgIpc) is 2.45. The summed E-state index contributed by atoms with van der Waals surface area (Å²) in [5.74, 6) is 0.892. The van der Waals surface area contributed by atoms with Crippen LogP contribution in [-0.4, -0.2) is 6.04 Å². The number of nitrogens with one attached hydrogen (secondary N) is 1. The maximum atomic E-state index is 5.86. The minimum atomic E-state index is 0. The van der Waals surface area contributed by atoms with Crippen molar-refractivity contribution in [3.05, 3.63) is 64.7 Å². The van der Waals surface area contributed by atoms with Gasteiger partial charge in [0.15, 0.2) is 0 Å². The van der Waals surface area contributed by atoms with Gasteiger partial charge in [0.25, 0.3) is 0 Å². The van der Waals surface area contributed by atoms with Crippen LogP contribution >= 0.6 is 24.0 Å². The molecule has 114 valence electrons. The van der Waals surface area contributed by atoms with Gasteiger partial charge in [-0.3, -0.25) is 0 Å². The number of ether oxygens (including phenoxy) is 1. The lowest BCUT2D eigenvalue weighted by Crippen LogP contribution is -2.21. The first kappa shape index (κ1) is 17.8. The minimum absolute atomic E-state index is 0. The number of hydrogen-bond acceptors (Lipinski definition) is 2. The fraction of sp³-hybridized carbons (Fsp3) is 0.294. The van der Waals surface area contributed by atoms with Crippen molar-refractivity contribution in [2.24, 2.45) is 0 Å². The van der Waals surface area contributed by atoms with Crippen LogP contribution in [0.25, 0.3) is 0 Å². The van der Waals surface area contributed by atoms with Crippen LogP contribution < -0.4 is 10.1 Å². The summed E-state index contributed by atoms with van der Waals surface area (Å²) in [6.07, 6.45) is 0. The molecule has 0 atom stereocenters. The topological polar surface area (TPSA) is 21.3 Å². The largest absolute Gasteiger partial charge is 0.489 e. The van der Waals surface area contributed by atoms with Gasteiger partial charge in [-0.15, -0.1) is 12.4 Å². The molecule has 21 heavy (non-hydrogen) atoms. The van der Waals surface area contributed by atoms with Crippen LogP contribution in [0.2, 0.25) is 5.02 Å². The molecular weight excluding hydrogens is 305 g/mol. The van der Waals surface area contributed by atoms with E-state index in [2.05, 4.69) is 31.3 Å². The predicted octanol–water partition coefficient (Wildman–Crippen LogP) is 4.84. The van der Waals surface area contributed by atoms with Crippen LogP contribution in [0.5, 0.6) is 5.75 Å². The fourth-order valence-corrected chi connectivity index (χ4v) is 1.94. The van der Waals surface area contributed by atoms with E-state index in [1.165, 1.54) is 5.56 Å². The van der Waals surface area contributed by atoms with E-state index in [4.69, 9.17) is 16.3 Å². The van der Waals surface area contributed by atoms with Gasteiger partial charge in [-0.25, -0.2) is 0 Å². The average molecular weight is 326 g/mol. The van der Waals surface area contributed by atoms with Crippen molar-refractivity contribution in [2.45, 2.75) is 33.0 Å². The molecule has 0 heterocycles. The molecule has 0 bridgehead atoms. The van der Waals surface area contributed by atoms with Crippen LogP contribution in [0.3, 0.4) is 0 Å². The molecule has 0 saturated carbocycles. The van der Waals surface area contributed by atoms with Gasteiger partial charge in [-0.2, -0.15) is 0 Å². The summed E-state index contributed by atoms with van der Waals surface area (Å²) in [7, 11) is 0. The highest BCUT2D eigenvalue weighted by Crippen LogP contribution is 2.16. The Morgan fingerprint density at radius 3 is 2.43 bits per heavy atom. The Kier molecular flexibility index (Phi) is 7.58. The Labute approximate surface area is 137 Å². The SMILES string of the molecule is CC(C)NCc1cccc(OCc2ccc(Cl)cc2)c1.Cl. The number of halogens is 2. The summed E-state index contributed by atoms with van der Waals surface area (Å²) in [5, 5.41) is 4.14. The third-order valence-corrected chi connectivity index (χ3v) is 3.18. The highest BCUT2D eigenvalue weighted by Gasteiger charge is 2.00. The van der Waals surface area contributed by atoms with Crippen molar-refractivity contribution < 1.29 is 4.74 Å². The van der Waals surface area contributed by atoms with Gasteiger partial charge in [0.2, 0.25) is 0 Å². The number of hydrogen-bond donors (Lipinski definition) is 1. The zero-order valence-electron chi connectivity index (χ0n) is 12.3. The summed E-state index contributed by atoms with van der Waals surface area (Å²) >= 11 is 5.86. The van der Waals surface area contributed by atoms with Gasteiger partial charge < -0.3 is 10.1 Å². The first-order valence-corrected chi connectivity index (χ1v) is 7.21. The smallest absolute Gasteiger partial charge is 0.120 e. The van der Waals surface area contributed by atoms with Crippen LogP contribution in [-0.2, 0) is 13.2 Å². The lowest BCUT2D eigenvalue weighted by Gasteiger charge is -2.10. The highest BCUT2D eigenvalue weighted by atomic mass is 35.5. The Bertz CT molecular complexity index is 541. The second-order valence-electron chi connectivity index (χ2n) is 5.10. The van der Waals surface area contributed by atoms with E-state index in [1.54, 1.807) is 0 Å². The molecule has 0 aliphatic rings. The number of rotatable bonds is 6. The Hall–Kier alpha value is -1.22. The molecule has 2 rings (SSSR count). The molecule has 4 heteroatoms. The van der Waals surface area contributed by atoms with Crippen molar-refractivity contribution in [1.29, 1.82) is 0 Å². The van der Waals surface area contributed by atoms with E-state index >= 15 is 0 Å². The molecule has 0 aromatic heterocycles. The second-order valence-corrected chi connectivity index (χ2v) is 5.53. The number of benzene rings is 2. The first-order chi connectivity index (χ1) is 9.63. The maximum Gasteiger partial charge on any atom is 0.120 e. The lowest BCUT2D eigenvalue weighted by atomic mass is 10.2. The van der Waals surface area contributed by atoms with E-state index in [1.807, 2.05) is 36.4 Å². The summed E-state index contributed by atoms with van der Waals surface area (Å²) in [6.45, 7) is 5.69. The van der Waals surface area contributed by atoms with Crippen molar-refractivity contribution in [3.63, 3.8) is 0 Å². The monoisotopic (exact) mass is 325 g/mol. The maximum absolute atomic E-state index is 5.86. The molecule has 2 aromatic carbocycles. The van der Waals surface area contributed by atoms with Crippen LogP contribution in [0, 0.1) is 0 Å². The highest BCUT2D eigenvalue weighted by molar-refractivity contribution is 6.30. The lowest BCUT2D eigenvalue weighted by molar-refractivity contribution is 0.306. The summed E-state index contributed by atoms with van der Waals surface area (Å²) in [4.78, 5) is 0. The van der Waals surface area contributed by atoms with Crippen LogP contribution in [0.1, 0.15) is 25.0 Å². The molecule has 0 fully saturated rings. The van der Waals surface area contributed by atoms with Gasteiger partial charge in [0.05, 0.1) is 0 Å². The summed E-state index contributed by atoms with van der Waals surface area (Å²) < 4.78 is 5.81. The van der Waals surface area contributed by atoms with Crippen molar-refractivity contribution in [3.8, 4) is 5.75 Å².